The molecule has 0 saturated heterocycles. The quantitative estimate of drug-likeness (QED) is 0.549. The monoisotopic (exact) mass is 382 g/mol. The predicted octanol–water partition coefficient (Wildman–Crippen LogP) is 4.21. The van der Waals surface area contributed by atoms with Gasteiger partial charge in [-0.05, 0) is 76.4 Å². The van der Waals surface area contributed by atoms with Crippen molar-refractivity contribution in [1.29, 1.82) is 0 Å². The molecule has 0 aliphatic carbocycles. The largest absolute Gasteiger partial charge is 0.492 e. The van der Waals surface area contributed by atoms with Crippen molar-refractivity contribution >= 4 is 6.08 Å². The number of allylic oxidation sites excluding steroid dienone is 1. The Hall–Kier alpha value is -2.30. The van der Waals surface area contributed by atoms with Crippen LogP contribution in [-0.2, 0) is 6.42 Å². The van der Waals surface area contributed by atoms with Crippen LogP contribution in [-0.4, -0.2) is 64.3 Å². The van der Waals surface area contributed by atoms with Gasteiger partial charge in [0.05, 0.1) is 0 Å². The molecular weight excluding hydrogens is 348 g/mol. The van der Waals surface area contributed by atoms with E-state index in [2.05, 4.69) is 72.4 Å². The summed E-state index contributed by atoms with van der Waals surface area (Å²) in [6.45, 7) is 3.27. The fourth-order valence-electron chi connectivity index (χ4n) is 2.59. The number of hydrogen-bond acceptors (Lipinski definition) is 4. The smallest absolute Gasteiger partial charge is 0.119 e. The summed E-state index contributed by atoms with van der Waals surface area (Å²) in [5.74, 6) is 1.86. The summed E-state index contributed by atoms with van der Waals surface area (Å²) in [6, 6.07) is 16.7. The number of rotatable bonds is 12. The molecule has 0 amide bonds. The third-order valence-electron chi connectivity index (χ3n) is 4.33. The van der Waals surface area contributed by atoms with Crippen LogP contribution in [0.1, 0.15) is 17.5 Å². The van der Waals surface area contributed by atoms with Crippen molar-refractivity contribution in [3.05, 3.63) is 65.7 Å². The number of nitrogens with zero attached hydrogens (tertiary/aromatic N) is 2. The highest BCUT2D eigenvalue weighted by molar-refractivity contribution is 5.50. The van der Waals surface area contributed by atoms with Crippen LogP contribution in [0.15, 0.2) is 54.6 Å². The van der Waals surface area contributed by atoms with Crippen LogP contribution in [0.3, 0.4) is 0 Å². The summed E-state index contributed by atoms with van der Waals surface area (Å²) in [7, 11) is 8.20. The maximum atomic E-state index is 5.73. The minimum atomic E-state index is 0.710. The van der Waals surface area contributed by atoms with Crippen molar-refractivity contribution in [2.45, 2.75) is 12.8 Å². The van der Waals surface area contributed by atoms with Crippen LogP contribution in [0.2, 0.25) is 0 Å². The summed E-state index contributed by atoms with van der Waals surface area (Å²) in [5, 5.41) is 0. The summed E-state index contributed by atoms with van der Waals surface area (Å²) in [5.41, 5.74) is 2.53. The zero-order valence-corrected chi connectivity index (χ0v) is 17.7. The van der Waals surface area contributed by atoms with Gasteiger partial charge < -0.3 is 19.3 Å². The first-order valence-electron chi connectivity index (χ1n) is 9.93. The molecule has 0 spiro atoms. The number of aryl methyl sites for hydroxylation is 1. The molecule has 28 heavy (non-hydrogen) atoms. The highest BCUT2D eigenvalue weighted by atomic mass is 16.5. The predicted molar refractivity (Wildman–Crippen MR) is 118 cm³/mol. The first-order chi connectivity index (χ1) is 13.5. The molecule has 2 rings (SSSR count). The van der Waals surface area contributed by atoms with Crippen LogP contribution in [0.4, 0.5) is 0 Å². The van der Waals surface area contributed by atoms with E-state index in [1.165, 1.54) is 11.1 Å². The molecule has 2 aromatic carbocycles. The van der Waals surface area contributed by atoms with E-state index < -0.39 is 0 Å². The Labute approximate surface area is 170 Å². The molecule has 0 aliphatic heterocycles. The van der Waals surface area contributed by atoms with Gasteiger partial charge in [-0.3, -0.25) is 0 Å². The molecule has 0 aromatic heterocycles. The van der Waals surface area contributed by atoms with Crippen LogP contribution in [0.25, 0.3) is 6.08 Å². The molecule has 4 heteroatoms. The second-order valence-electron chi connectivity index (χ2n) is 7.46. The lowest BCUT2D eigenvalue weighted by Gasteiger charge is -2.11. The molecule has 0 unspecified atom stereocenters. The minimum absolute atomic E-state index is 0.710. The van der Waals surface area contributed by atoms with Gasteiger partial charge in [0.2, 0.25) is 0 Å². The van der Waals surface area contributed by atoms with E-state index in [0.29, 0.717) is 13.2 Å². The van der Waals surface area contributed by atoms with Crippen molar-refractivity contribution in [1.82, 2.24) is 9.80 Å². The summed E-state index contributed by atoms with van der Waals surface area (Å²) < 4.78 is 11.5. The lowest BCUT2D eigenvalue weighted by atomic mass is 10.1. The SMILES string of the molecule is CN(C)CCOc1ccc(/C=C\CCc2ccc(OCCN(C)C)cc2)cc1. The van der Waals surface area contributed by atoms with Crippen molar-refractivity contribution in [2.24, 2.45) is 0 Å². The van der Waals surface area contributed by atoms with Gasteiger partial charge in [0.1, 0.15) is 24.7 Å². The summed E-state index contributed by atoms with van der Waals surface area (Å²) >= 11 is 0. The van der Waals surface area contributed by atoms with Gasteiger partial charge in [0, 0.05) is 13.1 Å². The molecular formula is C24H34N2O2. The van der Waals surface area contributed by atoms with E-state index in [1.807, 2.05) is 26.2 Å². The standard InChI is InChI=1S/C24H34N2O2/c1-25(2)17-19-27-23-13-9-21(10-14-23)7-5-6-8-22-11-15-24(16-12-22)28-20-18-26(3)4/h5,7,9-16H,6,8,17-20H2,1-4H3/b7-5-. The molecule has 0 N–H and O–H groups in total. The second kappa shape index (κ2) is 12.2. The van der Waals surface area contributed by atoms with Crippen molar-refractivity contribution in [3.63, 3.8) is 0 Å². The molecule has 0 bridgehead atoms. The molecule has 0 radical (unpaired) electrons. The Morgan fingerprint density at radius 1 is 0.714 bits per heavy atom. The molecule has 152 valence electrons. The van der Waals surface area contributed by atoms with Gasteiger partial charge in [-0.2, -0.15) is 0 Å². The first-order valence-corrected chi connectivity index (χ1v) is 9.93. The van der Waals surface area contributed by atoms with E-state index in [9.17, 15) is 0 Å². The van der Waals surface area contributed by atoms with Crippen LogP contribution >= 0.6 is 0 Å². The number of hydrogen-bond donors (Lipinski definition) is 0. The van der Waals surface area contributed by atoms with Crippen molar-refractivity contribution < 1.29 is 9.47 Å². The second-order valence-corrected chi connectivity index (χ2v) is 7.46. The molecule has 0 aliphatic rings. The lowest BCUT2D eigenvalue weighted by molar-refractivity contribution is 0.261. The highest BCUT2D eigenvalue weighted by Crippen LogP contribution is 2.15. The normalized spacial score (nSPS) is 11.5. The average molecular weight is 383 g/mol. The molecule has 0 saturated carbocycles. The number of benzene rings is 2. The van der Waals surface area contributed by atoms with Crippen LogP contribution in [0.5, 0.6) is 11.5 Å². The van der Waals surface area contributed by atoms with Gasteiger partial charge in [-0.15, -0.1) is 0 Å². The Morgan fingerprint density at radius 2 is 1.21 bits per heavy atom. The van der Waals surface area contributed by atoms with E-state index in [-0.39, 0.29) is 0 Å². The third-order valence-corrected chi connectivity index (χ3v) is 4.33. The maximum Gasteiger partial charge on any atom is 0.119 e. The number of likely N-dealkylation sites (N-methyl/N-ethyl adjacent to an activating group) is 2. The lowest BCUT2D eigenvalue weighted by Crippen LogP contribution is -2.19. The van der Waals surface area contributed by atoms with Crippen molar-refractivity contribution in [2.75, 3.05) is 54.5 Å². The zero-order valence-electron chi connectivity index (χ0n) is 17.7. The molecule has 0 heterocycles. The van der Waals surface area contributed by atoms with E-state index in [0.717, 1.165) is 37.4 Å². The Kier molecular flexibility index (Phi) is 9.60. The van der Waals surface area contributed by atoms with Crippen LogP contribution < -0.4 is 9.47 Å². The van der Waals surface area contributed by atoms with Gasteiger partial charge in [-0.1, -0.05) is 36.4 Å². The zero-order chi connectivity index (χ0) is 20.2. The van der Waals surface area contributed by atoms with Gasteiger partial charge in [-0.25, -0.2) is 0 Å². The summed E-state index contributed by atoms with van der Waals surface area (Å²) in [6.07, 6.45) is 6.44. The molecule has 4 nitrogen and oxygen atoms in total. The van der Waals surface area contributed by atoms with Gasteiger partial charge >= 0.3 is 0 Å². The van der Waals surface area contributed by atoms with Gasteiger partial charge in [0.25, 0.3) is 0 Å². The van der Waals surface area contributed by atoms with Crippen molar-refractivity contribution in [3.8, 4) is 11.5 Å². The van der Waals surface area contributed by atoms with Gasteiger partial charge in [0.15, 0.2) is 0 Å². The topological polar surface area (TPSA) is 24.9 Å². The summed E-state index contributed by atoms with van der Waals surface area (Å²) in [4.78, 5) is 4.23. The molecule has 2 aromatic rings. The number of ether oxygens (including phenoxy) is 2. The fourth-order valence-corrected chi connectivity index (χ4v) is 2.59. The highest BCUT2D eigenvalue weighted by Gasteiger charge is 1.97. The first kappa shape index (κ1) is 22.0. The van der Waals surface area contributed by atoms with Crippen LogP contribution in [0, 0.1) is 0 Å². The Morgan fingerprint density at radius 3 is 1.71 bits per heavy atom. The molecule has 0 fully saturated rings. The van der Waals surface area contributed by atoms with E-state index in [4.69, 9.17) is 9.47 Å². The minimum Gasteiger partial charge on any atom is -0.492 e. The maximum absolute atomic E-state index is 5.73. The van der Waals surface area contributed by atoms with E-state index in [1.54, 1.807) is 0 Å². The Bertz CT molecular complexity index is 692. The average Bonchev–Trinajstić information content (AvgIpc) is 2.67. The fraction of sp³-hybridized carbons (Fsp3) is 0.417. The Balaban J connectivity index is 1.70. The third kappa shape index (κ3) is 9.07. The molecule has 0 atom stereocenters. The van der Waals surface area contributed by atoms with E-state index >= 15 is 0 Å².